The van der Waals surface area contributed by atoms with Gasteiger partial charge in [0.2, 0.25) is 10.0 Å². The first kappa shape index (κ1) is 25.4. The van der Waals surface area contributed by atoms with E-state index in [1.807, 2.05) is 44.4 Å². The van der Waals surface area contributed by atoms with Gasteiger partial charge in [0, 0.05) is 25.6 Å². The summed E-state index contributed by atoms with van der Waals surface area (Å²) >= 11 is 1.48. The summed E-state index contributed by atoms with van der Waals surface area (Å²) in [5, 5.41) is 2.72. The monoisotopic (exact) mass is 488 g/mol. The Hall–Kier alpha value is -2.26. The molecule has 33 heavy (non-hydrogen) atoms. The van der Waals surface area contributed by atoms with Crippen molar-refractivity contribution in [2.75, 3.05) is 20.3 Å². The van der Waals surface area contributed by atoms with Gasteiger partial charge in [-0.3, -0.25) is 0 Å². The highest BCUT2D eigenvalue weighted by Crippen LogP contribution is 2.25. The van der Waals surface area contributed by atoms with E-state index >= 15 is 0 Å². The zero-order valence-electron chi connectivity index (χ0n) is 19.9. The van der Waals surface area contributed by atoms with Crippen LogP contribution in [0.4, 0.5) is 0 Å². The minimum atomic E-state index is -3.65. The van der Waals surface area contributed by atoms with Gasteiger partial charge in [0.25, 0.3) is 0 Å². The molecule has 0 bridgehead atoms. The molecule has 1 heterocycles. The summed E-state index contributed by atoms with van der Waals surface area (Å²) in [5.41, 5.74) is 5.19. The number of thiazole rings is 1. The maximum absolute atomic E-state index is 13.3. The van der Waals surface area contributed by atoms with Gasteiger partial charge in [-0.2, -0.15) is 4.31 Å². The number of aromatic nitrogens is 1. The van der Waals surface area contributed by atoms with Crippen LogP contribution in [0, 0.1) is 27.7 Å². The van der Waals surface area contributed by atoms with Crippen LogP contribution >= 0.6 is 11.3 Å². The lowest BCUT2D eigenvalue weighted by atomic mass is 10.1. The van der Waals surface area contributed by atoms with Gasteiger partial charge in [0.05, 0.1) is 17.1 Å². The van der Waals surface area contributed by atoms with E-state index in [4.69, 9.17) is 9.47 Å². The molecule has 0 aliphatic carbocycles. The number of rotatable bonds is 11. The molecule has 1 aromatic heterocycles. The van der Waals surface area contributed by atoms with Crippen molar-refractivity contribution in [1.82, 2.24) is 9.29 Å². The molecule has 178 valence electrons. The zero-order valence-corrected chi connectivity index (χ0v) is 21.6. The number of benzene rings is 2. The normalized spacial score (nSPS) is 11.8. The average Bonchev–Trinajstić information content (AvgIpc) is 3.22. The lowest BCUT2D eigenvalue weighted by Gasteiger charge is -2.21. The maximum Gasteiger partial charge on any atom is 0.243 e. The van der Waals surface area contributed by atoms with Crippen LogP contribution in [-0.4, -0.2) is 38.0 Å². The van der Waals surface area contributed by atoms with E-state index in [9.17, 15) is 8.42 Å². The van der Waals surface area contributed by atoms with Crippen LogP contribution in [0.3, 0.4) is 0 Å². The van der Waals surface area contributed by atoms with Crippen molar-refractivity contribution >= 4 is 21.4 Å². The first-order chi connectivity index (χ1) is 15.7. The van der Waals surface area contributed by atoms with Crippen LogP contribution in [0.25, 0.3) is 0 Å². The summed E-state index contributed by atoms with van der Waals surface area (Å²) in [6.07, 6.45) is 0.605. The standard InChI is InChI=1S/C25H32N2O4S2/c1-18-7-9-23(10-8-18)33(28,29)27(11-6-12-30-5)15-22-17-32-25(26-22)16-31-24-14-19(2)13-20(3)21(24)4/h7-10,13-14,17H,6,11-12,15-16H2,1-5H3. The van der Waals surface area contributed by atoms with Gasteiger partial charge in [0.15, 0.2) is 0 Å². The molecule has 0 aliphatic heterocycles. The topological polar surface area (TPSA) is 68.7 Å². The Morgan fingerprint density at radius 2 is 1.76 bits per heavy atom. The number of sulfonamides is 1. The molecule has 0 saturated carbocycles. The third kappa shape index (κ3) is 6.63. The van der Waals surface area contributed by atoms with Crippen molar-refractivity contribution in [3.8, 4) is 5.75 Å². The van der Waals surface area contributed by atoms with E-state index in [1.54, 1.807) is 19.2 Å². The number of aryl methyl sites for hydroxylation is 3. The van der Waals surface area contributed by atoms with Crippen molar-refractivity contribution in [3.05, 3.63) is 74.7 Å². The summed E-state index contributed by atoms with van der Waals surface area (Å²) in [5.74, 6) is 0.854. The predicted octanol–water partition coefficient (Wildman–Crippen LogP) is 5.18. The van der Waals surface area contributed by atoms with Crippen molar-refractivity contribution in [1.29, 1.82) is 0 Å². The molecule has 0 atom stereocenters. The van der Waals surface area contributed by atoms with Crippen molar-refractivity contribution < 1.29 is 17.9 Å². The molecule has 0 spiro atoms. The van der Waals surface area contributed by atoms with Gasteiger partial charge < -0.3 is 9.47 Å². The molecule has 0 radical (unpaired) electrons. The van der Waals surface area contributed by atoms with Gasteiger partial charge in [0.1, 0.15) is 17.4 Å². The molecule has 0 saturated heterocycles. The molecule has 0 N–H and O–H groups in total. The second-order valence-corrected chi connectivity index (χ2v) is 11.1. The number of nitrogens with zero attached hydrogens (tertiary/aromatic N) is 2. The maximum atomic E-state index is 13.3. The summed E-state index contributed by atoms with van der Waals surface area (Å²) in [6.45, 7) is 9.51. The van der Waals surface area contributed by atoms with Crippen LogP contribution in [0.15, 0.2) is 46.7 Å². The van der Waals surface area contributed by atoms with Gasteiger partial charge in [-0.1, -0.05) is 23.8 Å². The second-order valence-electron chi connectivity index (χ2n) is 8.22. The van der Waals surface area contributed by atoms with E-state index in [0.29, 0.717) is 31.9 Å². The minimum absolute atomic E-state index is 0.207. The highest BCUT2D eigenvalue weighted by atomic mass is 32.2. The van der Waals surface area contributed by atoms with Gasteiger partial charge in [-0.25, -0.2) is 13.4 Å². The average molecular weight is 489 g/mol. The van der Waals surface area contributed by atoms with E-state index in [2.05, 4.69) is 18.0 Å². The summed E-state index contributed by atoms with van der Waals surface area (Å²) < 4.78 is 39.2. The molecule has 8 heteroatoms. The Kier molecular flexibility index (Phi) is 8.64. The molecule has 3 aromatic rings. The van der Waals surface area contributed by atoms with E-state index in [0.717, 1.165) is 27.4 Å². The van der Waals surface area contributed by atoms with E-state index in [1.165, 1.54) is 21.2 Å². The second kappa shape index (κ2) is 11.2. The molecule has 3 rings (SSSR count). The van der Waals surface area contributed by atoms with Crippen LogP contribution in [0.1, 0.15) is 39.4 Å². The fourth-order valence-corrected chi connectivity index (χ4v) is 5.63. The fraction of sp³-hybridized carbons (Fsp3) is 0.400. The van der Waals surface area contributed by atoms with Gasteiger partial charge >= 0.3 is 0 Å². The van der Waals surface area contributed by atoms with Crippen LogP contribution < -0.4 is 4.74 Å². The molecular weight excluding hydrogens is 456 g/mol. The largest absolute Gasteiger partial charge is 0.486 e. The number of hydrogen-bond donors (Lipinski definition) is 0. The lowest BCUT2D eigenvalue weighted by molar-refractivity contribution is 0.186. The predicted molar refractivity (Wildman–Crippen MR) is 132 cm³/mol. The zero-order chi connectivity index (χ0) is 24.0. The molecule has 0 amide bonds. The summed E-state index contributed by atoms with van der Waals surface area (Å²) in [7, 11) is -2.03. The van der Waals surface area contributed by atoms with Crippen LogP contribution in [-0.2, 0) is 27.9 Å². The third-order valence-electron chi connectivity index (χ3n) is 5.47. The van der Waals surface area contributed by atoms with Crippen LogP contribution in [0.2, 0.25) is 0 Å². The molecule has 6 nitrogen and oxygen atoms in total. The minimum Gasteiger partial charge on any atom is -0.486 e. The van der Waals surface area contributed by atoms with Gasteiger partial charge in [-0.15, -0.1) is 11.3 Å². The highest BCUT2D eigenvalue weighted by Gasteiger charge is 2.25. The van der Waals surface area contributed by atoms with Crippen LogP contribution in [0.5, 0.6) is 5.75 Å². The highest BCUT2D eigenvalue weighted by molar-refractivity contribution is 7.89. The Morgan fingerprint density at radius 1 is 1.03 bits per heavy atom. The van der Waals surface area contributed by atoms with Crippen molar-refractivity contribution in [2.24, 2.45) is 0 Å². The smallest absolute Gasteiger partial charge is 0.243 e. The van der Waals surface area contributed by atoms with E-state index in [-0.39, 0.29) is 11.4 Å². The molecule has 0 unspecified atom stereocenters. The summed E-state index contributed by atoms with van der Waals surface area (Å²) in [4.78, 5) is 4.93. The van der Waals surface area contributed by atoms with Crippen molar-refractivity contribution in [3.63, 3.8) is 0 Å². The Labute approximate surface area is 201 Å². The SMILES string of the molecule is COCCCN(Cc1csc(COc2cc(C)cc(C)c2C)n1)S(=O)(=O)c1ccc(C)cc1. The Bertz CT molecular complexity index is 1170. The Morgan fingerprint density at radius 3 is 2.45 bits per heavy atom. The molecule has 0 aliphatic rings. The summed E-state index contributed by atoms with van der Waals surface area (Å²) in [6, 6.07) is 11.1. The number of methoxy groups -OCH3 is 1. The lowest BCUT2D eigenvalue weighted by Crippen LogP contribution is -2.32. The molecule has 2 aromatic carbocycles. The first-order valence-corrected chi connectivity index (χ1v) is 13.2. The first-order valence-electron chi connectivity index (χ1n) is 10.9. The van der Waals surface area contributed by atoms with Gasteiger partial charge in [-0.05, 0) is 69.0 Å². The third-order valence-corrected chi connectivity index (χ3v) is 8.20. The van der Waals surface area contributed by atoms with E-state index < -0.39 is 10.0 Å². The molecule has 0 fully saturated rings. The van der Waals surface area contributed by atoms with Crippen molar-refractivity contribution in [2.45, 2.75) is 52.2 Å². The fourth-order valence-electron chi connectivity index (χ4n) is 3.49. The Balaban J connectivity index is 1.74. The molecular formula is C25H32N2O4S2. The number of hydrogen-bond acceptors (Lipinski definition) is 6. The quantitative estimate of drug-likeness (QED) is 0.348. The number of ether oxygens (including phenoxy) is 2.